The van der Waals surface area contributed by atoms with Crippen LogP contribution in [0.3, 0.4) is 0 Å². The van der Waals surface area contributed by atoms with Crippen LogP contribution >= 0.6 is 0 Å². The Hall–Kier alpha value is -1.93. The third kappa shape index (κ3) is 5.60. The topological polar surface area (TPSA) is 90.9 Å². The van der Waals surface area contributed by atoms with Crippen molar-refractivity contribution in [3.05, 3.63) is 29.8 Å². The Bertz CT molecular complexity index is 861. The molecule has 1 saturated heterocycles. The molecule has 1 aromatic carbocycles. The number of amidine groups is 1. The van der Waals surface area contributed by atoms with E-state index in [0.29, 0.717) is 12.0 Å². The van der Waals surface area contributed by atoms with Gasteiger partial charge in [-0.1, -0.05) is 45.2 Å². The first kappa shape index (κ1) is 22.7. The van der Waals surface area contributed by atoms with Crippen LogP contribution in [0.2, 0.25) is 0 Å². The molecule has 30 heavy (non-hydrogen) atoms. The van der Waals surface area contributed by atoms with E-state index < -0.39 is 16.1 Å². The number of amides is 1. The van der Waals surface area contributed by atoms with E-state index in [1.807, 2.05) is 0 Å². The van der Waals surface area contributed by atoms with E-state index in [9.17, 15) is 13.2 Å². The molecule has 3 rings (SSSR count). The van der Waals surface area contributed by atoms with Crippen LogP contribution in [0.25, 0.3) is 0 Å². The van der Waals surface area contributed by atoms with E-state index in [0.717, 1.165) is 45.3 Å². The lowest BCUT2D eigenvalue weighted by Gasteiger charge is -2.32. The number of aliphatic imine (C=N–C) groups is 1. The fourth-order valence-electron chi connectivity index (χ4n) is 4.02. The number of piperidine rings is 1. The van der Waals surface area contributed by atoms with E-state index in [4.69, 9.17) is 0 Å². The van der Waals surface area contributed by atoms with Gasteiger partial charge in [-0.25, -0.2) is 8.42 Å². The van der Waals surface area contributed by atoms with E-state index in [2.05, 4.69) is 33.8 Å². The van der Waals surface area contributed by atoms with Crippen molar-refractivity contribution >= 4 is 21.8 Å². The lowest BCUT2D eigenvalue weighted by Crippen LogP contribution is -2.47. The predicted molar refractivity (Wildman–Crippen MR) is 119 cm³/mol. The van der Waals surface area contributed by atoms with Crippen LogP contribution in [-0.2, 0) is 14.8 Å². The van der Waals surface area contributed by atoms with Gasteiger partial charge in [0.2, 0.25) is 5.91 Å². The van der Waals surface area contributed by atoms with E-state index in [1.54, 1.807) is 24.3 Å². The van der Waals surface area contributed by atoms with Gasteiger partial charge in [0.25, 0.3) is 10.0 Å². The summed E-state index contributed by atoms with van der Waals surface area (Å²) in [6.07, 6.45) is 6.72. The van der Waals surface area contributed by atoms with E-state index >= 15 is 0 Å². The number of sulfonamides is 1. The van der Waals surface area contributed by atoms with Gasteiger partial charge in [0, 0.05) is 24.7 Å². The molecule has 7 nitrogen and oxygen atoms in total. The fraction of sp³-hybridized carbons (Fsp3) is 0.636. The van der Waals surface area contributed by atoms with Crippen molar-refractivity contribution in [1.82, 2.24) is 14.9 Å². The number of hydrogen-bond acceptors (Lipinski definition) is 5. The number of fused-ring (bicyclic) bond motifs is 1. The highest BCUT2D eigenvalue weighted by Gasteiger charge is 2.32. The molecule has 2 heterocycles. The van der Waals surface area contributed by atoms with Gasteiger partial charge >= 0.3 is 0 Å². The minimum Gasteiger partial charge on any atom is -0.351 e. The smallest absolute Gasteiger partial charge is 0.263 e. The molecule has 1 amide bonds. The van der Waals surface area contributed by atoms with Crippen molar-refractivity contribution in [3.8, 4) is 0 Å². The second-order valence-electron chi connectivity index (χ2n) is 8.22. The molecule has 0 aromatic heterocycles. The van der Waals surface area contributed by atoms with Crippen LogP contribution in [0.4, 0.5) is 0 Å². The third-order valence-electron chi connectivity index (χ3n) is 5.84. The number of nitrogens with one attached hydrogen (secondary N) is 2. The van der Waals surface area contributed by atoms with Crippen molar-refractivity contribution < 1.29 is 13.2 Å². The van der Waals surface area contributed by atoms with Crippen LogP contribution < -0.4 is 10.0 Å². The Labute approximate surface area is 180 Å². The quantitative estimate of drug-likeness (QED) is 0.625. The molecule has 8 heteroatoms. The lowest BCUT2D eigenvalue weighted by atomic mass is 10.0. The van der Waals surface area contributed by atoms with Crippen LogP contribution in [-0.4, -0.2) is 56.8 Å². The summed E-state index contributed by atoms with van der Waals surface area (Å²) >= 11 is 0. The summed E-state index contributed by atoms with van der Waals surface area (Å²) in [5.74, 6) is 0.169. The highest BCUT2D eigenvalue weighted by atomic mass is 32.2. The van der Waals surface area contributed by atoms with Crippen molar-refractivity contribution in [2.45, 2.75) is 75.8 Å². The lowest BCUT2D eigenvalue weighted by molar-refractivity contribution is -0.123. The molecule has 0 spiro atoms. The summed E-state index contributed by atoms with van der Waals surface area (Å²) in [4.78, 5) is 20.3. The molecular formula is C22H34N4O3S. The van der Waals surface area contributed by atoms with Gasteiger partial charge < -0.3 is 10.2 Å². The molecule has 0 aliphatic carbocycles. The number of rotatable bonds is 9. The maximum absolute atomic E-state index is 13.0. The maximum Gasteiger partial charge on any atom is 0.263 e. The Balaban J connectivity index is 1.68. The fourth-order valence-corrected chi connectivity index (χ4v) is 5.26. The molecule has 1 unspecified atom stereocenters. The molecule has 1 atom stereocenters. The van der Waals surface area contributed by atoms with Crippen LogP contribution in [0.5, 0.6) is 0 Å². The summed E-state index contributed by atoms with van der Waals surface area (Å²) in [5, 5.41) is 3.17. The standard InChI is InChI=1S/C22H34N4O3S/c1-3-5-10-19(22(27)23-17-12-15-26(16-13-17)14-6-4-2)24-21-18-9-7-8-11-20(18)30(28,29)25-21/h7-9,11,17,19H,3-6,10,12-16H2,1-2H3,(H,23,27)(H,24,25). The molecule has 2 aliphatic rings. The minimum atomic E-state index is -3.61. The highest BCUT2D eigenvalue weighted by Crippen LogP contribution is 2.23. The van der Waals surface area contributed by atoms with Gasteiger partial charge in [-0.3, -0.25) is 14.5 Å². The molecule has 0 saturated carbocycles. The first-order valence-electron chi connectivity index (χ1n) is 11.2. The predicted octanol–water partition coefficient (Wildman–Crippen LogP) is 2.66. The van der Waals surface area contributed by atoms with Crippen molar-refractivity contribution in [3.63, 3.8) is 0 Å². The van der Waals surface area contributed by atoms with Crippen LogP contribution in [0.15, 0.2) is 34.2 Å². The van der Waals surface area contributed by atoms with Gasteiger partial charge in [0.05, 0.1) is 4.90 Å². The zero-order valence-corrected chi connectivity index (χ0v) is 18.9. The number of likely N-dealkylation sites (tertiary alicyclic amines) is 1. The number of unbranched alkanes of at least 4 members (excludes halogenated alkanes) is 2. The number of benzene rings is 1. The second kappa shape index (κ2) is 10.4. The van der Waals surface area contributed by atoms with Gasteiger partial charge in [0.1, 0.15) is 11.9 Å². The zero-order chi connectivity index (χ0) is 21.6. The Morgan fingerprint density at radius 1 is 1.20 bits per heavy atom. The van der Waals surface area contributed by atoms with Gasteiger partial charge in [0.15, 0.2) is 0 Å². The van der Waals surface area contributed by atoms with Gasteiger partial charge in [-0.15, -0.1) is 0 Å². The highest BCUT2D eigenvalue weighted by molar-refractivity contribution is 7.90. The molecule has 2 N–H and O–H groups in total. The summed E-state index contributed by atoms with van der Waals surface area (Å²) in [5.41, 5.74) is 0.538. The molecule has 0 bridgehead atoms. The molecule has 0 radical (unpaired) electrons. The minimum absolute atomic E-state index is 0.105. The molecule has 1 aromatic rings. The average molecular weight is 435 g/mol. The van der Waals surface area contributed by atoms with Crippen LogP contribution in [0.1, 0.15) is 64.4 Å². The first-order valence-corrected chi connectivity index (χ1v) is 12.7. The number of carbonyl (C=O) groups excluding carboxylic acids is 1. The van der Waals surface area contributed by atoms with Crippen molar-refractivity contribution in [1.29, 1.82) is 0 Å². The summed E-state index contributed by atoms with van der Waals surface area (Å²) in [6.45, 7) is 7.41. The monoisotopic (exact) mass is 434 g/mol. The van der Waals surface area contributed by atoms with Crippen molar-refractivity contribution in [2.24, 2.45) is 4.99 Å². The first-order chi connectivity index (χ1) is 14.4. The third-order valence-corrected chi connectivity index (χ3v) is 7.24. The zero-order valence-electron chi connectivity index (χ0n) is 18.1. The average Bonchev–Trinajstić information content (AvgIpc) is 3.00. The summed E-state index contributed by atoms with van der Waals surface area (Å²) in [6, 6.07) is 6.33. The summed E-state index contributed by atoms with van der Waals surface area (Å²) in [7, 11) is -3.61. The van der Waals surface area contributed by atoms with E-state index in [-0.39, 0.29) is 22.7 Å². The number of carbonyl (C=O) groups is 1. The Morgan fingerprint density at radius 3 is 2.60 bits per heavy atom. The second-order valence-corrected chi connectivity index (χ2v) is 9.87. The summed E-state index contributed by atoms with van der Waals surface area (Å²) < 4.78 is 27.2. The maximum atomic E-state index is 13.0. The SMILES string of the molecule is CCCCC(N=C1NS(=O)(=O)c2ccccc21)C(=O)NC1CCN(CCCC)CC1. The molecular weight excluding hydrogens is 400 g/mol. The normalized spacial score (nSPS) is 21.2. The molecule has 166 valence electrons. The number of nitrogens with zero attached hydrogens (tertiary/aromatic N) is 2. The van der Waals surface area contributed by atoms with Gasteiger partial charge in [-0.05, 0) is 44.4 Å². The Kier molecular flexibility index (Phi) is 7.88. The Morgan fingerprint density at radius 2 is 1.90 bits per heavy atom. The number of hydrogen-bond donors (Lipinski definition) is 2. The van der Waals surface area contributed by atoms with Crippen molar-refractivity contribution in [2.75, 3.05) is 19.6 Å². The van der Waals surface area contributed by atoms with Crippen LogP contribution in [0, 0.1) is 0 Å². The van der Waals surface area contributed by atoms with E-state index in [1.165, 1.54) is 12.8 Å². The largest absolute Gasteiger partial charge is 0.351 e. The molecule has 1 fully saturated rings. The van der Waals surface area contributed by atoms with Gasteiger partial charge in [-0.2, -0.15) is 0 Å². The molecule has 2 aliphatic heterocycles.